The number of nitrogens with zero attached hydrogens (tertiary/aromatic N) is 2. The third kappa shape index (κ3) is 13.4. The van der Waals surface area contributed by atoms with Gasteiger partial charge in [-0.1, -0.05) is 120 Å². The highest BCUT2D eigenvalue weighted by atomic mass is 16.7. The number of carbonyl (C=O) groups is 2. The molecular weight excluding hydrogens is 777 g/mol. The van der Waals surface area contributed by atoms with Gasteiger partial charge in [0.25, 0.3) is 0 Å². The monoisotopic (exact) mass is 857 g/mol. The van der Waals surface area contributed by atoms with E-state index in [0.717, 1.165) is 22.3 Å². The maximum Gasteiger partial charge on any atom is 0.306 e. The minimum absolute atomic E-state index is 0.00915. The summed E-state index contributed by atoms with van der Waals surface area (Å²) in [6.07, 6.45) is 1.72. The molecule has 9 nitrogen and oxygen atoms in total. The molecule has 3 aromatic rings. The molecular formula is C53H80N2O7. The van der Waals surface area contributed by atoms with Gasteiger partial charge in [-0.05, 0) is 109 Å². The van der Waals surface area contributed by atoms with Gasteiger partial charge in [-0.15, -0.1) is 0 Å². The van der Waals surface area contributed by atoms with Crippen LogP contribution in [0.1, 0.15) is 189 Å². The van der Waals surface area contributed by atoms with Crippen molar-refractivity contribution in [3.63, 3.8) is 0 Å². The second-order valence-electron chi connectivity index (χ2n) is 22.4. The molecule has 0 radical (unpaired) electrons. The minimum Gasteiger partial charge on any atom is -0.507 e. The first-order valence-corrected chi connectivity index (χ1v) is 22.7. The van der Waals surface area contributed by atoms with Crippen LogP contribution < -0.4 is 0 Å². The molecule has 3 aromatic carbocycles. The van der Waals surface area contributed by atoms with Crippen molar-refractivity contribution in [2.24, 2.45) is 0 Å². The van der Waals surface area contributed by atoms with Crippen LogP contribution in [0.5, 0.6) is 5.75 Å². The van der Waals surface area contributed by atoms with E-state index in [1.54, 1.807) is 0 Å². The number of rotatable bonds is 11. The number of phenols is 1. The minimum atomic E-state index is -0.376. The molecule has 2 aliphatic rings. The highest BCUT2D eigenvalue weighted by Gasteiger charge is 2.50. The van der Waals surface area contributed by atoms with Crippen LogP contribution in [-0.4, -0.2) is 61.5 Å². The first-order chi connectivity index (χ1) is 28.4. The molecule has 0 saturated carbocycles. The fourth-order valence-electron chi connectivity index (χ4n) is 9.58. The van der Waals surface area contributed by atoms with Gasteiger partial charge in [0.05, 0.1) is 12.8 Å². The molecule has 2 aliphatic heterocycles. The van der Waals surface area contributed by atoms with Gasteiger partial charge in [-0.3, -0.25) is 19.3 Å². The van der Waals surface area contributed by atoms with Gasteiger partial charge in [-0.25, -0.2) is 0 Å². The smallest absolute Gasteiger partial charge is 0.306 e. The molecule has 0 amide bonds. The molecule has 5 rings (SSSR count). The zero-order valence-electron chi connectivity index (χ0n) is 41.3. The maximum atomic E-state index is 12.9. The summed E-state index contributed by atoms with van der Waals surface area (Å²) in [6.45, 7) is 35.9. The van der Waals surface area contributed by atoms with Crippen LogP contribution in [-0.2, 0) is 39.6 Å². The molecule has 2 fully saturated rings. The van der Waals surface area contributed by atoms with Crippen LogP contribution in [0.3, 0.4) is 0 Å². The van der Waals surface area contributed by atoms with Crippen LogP contribution in [0.25, 0.3) is 0 Å². The second kappa shape index (κ2) is 19.5. The maximum absolute atomic E-state index is 12.9. The molecule has 2 heterocycles. The summed E-state index contributed by atoms with van der Waals surface area (Å²) < 4.78 is 11.9. The van der Waals surface area contributed by atoms with Gasteiger partial charge in [0, 0.05) is 47.8 Å². The van der Waals surface area contributed by atoms with Crippen LogP contribution in [0, 0.1) is 6.92 Å². The summed E-state index contributed by atoms with van der Waals surface area (Å²) in [6, 6.07) is 24.5. The molecule has 9 heteroatoms. The Hall–Kier alpha value is -3.76. The lowest BCUT2D eigenvalue weighted by Crippen LogP contribution is -2.62. The lowest BCUT2D eigenvalue weighted by Gasteiger charge is -2.54. The average molecular weight is 857 g/mol. The van der Waals surface area contributed by atoms with E-state index in [1.807, 2.05) is 36.4 Å². The van der Waals surface area contributed by atoms with Gasteiger partial charge < -0.3 is 14.6 Å². The Bertz CT molecular complexity index is 1770. The average Bonchev–Trinajstić information content (AvgIpc) is 3.14. The van der Waals surface area contributed by atoms with E-state index in [1.165, 1.54) is 5.56 Å². The molecule has 0 aromatic heterocycles. The number of phenolic OH excluding ortho intramolecular Hbond substituents is 1. The van der Waals surface area contributed by atoms with Crippen LogP contribution in [0.2, 0.25) is 0 Å². The number of hydroxylamine groups is 4. The molecule has 0 bridgehead atoms. The summed E-state index contributed by atoms with van der Waals surface area (Å²) >= 11 is 0. The SMILES string of the molecule is CC(ON1C(C)(C)CC(OC(=O)CCC(=O)OC2CC(C)(C)N(OC(C)c3ccccc3)C(C)(C)C2)CC1(C)C)c1ccccc1.Cc1cc(C(C)(C)C)c(O)c(C(C)(C)C)c1. The van der Waals surface area contributed by atoms with Gasteiger partial charge >= 0.3 is 11.9 Å². The summed E-state index contributed by atoms with van der Waals surface area (Å²) in [5.41, 5.74) is 4.00. The number of aromatic hydroxyl groups is 1. The third-order valence-electron chi connectivity index (χ3n) is 12.2. The number of benzene rings is 3. The van der Waals surface area contributed by atoms with Gasteiger partial charge in [0.1, 0.15) is 30.2 Å². The van der Waals surface area contributed by atoms with Gasteiger partial charge in [0.15, 0.2) is 0 Å². The zero-order valence-corrected chi connectivity index (χ0v) is 41.3. The zero-order chi connectivity index (χ0) is 46.6. The number of hydrogen-bond donors (Lipinski definition) is 1. The molecule has 0 spiro atoms. The van der Waals surface area contributed by atoms with E-state index in [9.17, 15) is 14.7 Å². The largest absolute Gasteiger partial charge is 0.507 e. The first-order valence-electron chi connectivity index (χ1n) is 22.7. The number of aryl methyl sites for hydroxylation is 1. The van der Waals surface area contributed by atoms with Crippen molar-refractivity contribution in [1.82, 2.24) is 10.1 Å². The molecule has 344 valence electrons. The van der Waals surface area contributed by atoms with Crippen molar-refractivity contribution in [1.29, 1.82) is 0 Å². The van der Waals surface area contributed by atoms with E-state index in [-0.39, 0.29) is 82.2 Å². The standard InChI is InChI=1S/C38H56N2O6.C15H24O/c1-27(29-17-13-11-14-18-29)45-39-35(3,4)23-31(24-36(39,5)6)43-33(41)21-22-34(42)44-32-25-37(7,8)40(38(9,10)26-32)46-28(2)30-19-15-12-16-20-30;1-10-8-11(14(2,3)4)13(16)12(9-10)15(5,6)7/h11-20,27-28,31-32H,21-26H2,1-10H3;8-9,16H,1-7H3. The van der Waals surface area contributed by atoms with Gasteiger partial charge in [-0.2, -0.15) is 10.1 Å². The molecule has 2 atom stereocenters. The second-order valence-corrected chi connectivity index (χ2v) is 22.4. The predicted molar refractivity (Wildman–Crippen MR) is 250 cm³/mol. The number of piperidine rings is 2. The Kier molecular flexibility index (Phi) is 16.0. The van der Waals surface area contributed by atoms with Crippen LogP contribution >= 0.6 is 0 Å². The highest BCUT2D eigenvalue weighted by molar-refractivity contribution is 5.77. The van der Waals surface area contributed by atoms with Crippen molar-refractivity contribution in [2.45, 2.75) is 214 Å². The quantitative estimate of drug-likeness (QED) is 0.189. The molecule has 0 aliphatic carbocycles. The Labute approximate surface area is 374 Å². The van der Waals surface area contributed by atoms with Crippen LogP contribution in [0.4, 0.5) is 0 Å². The summed E-state index contributed by atoms with van der Waals surface area (Å²) in [7, 11) is 0. The Morgan fingerprint density at radius 2 is 0.887 bits per heavy atom. The number of carbonyl (C=O) groups excluding carboxylic acids is 2. The molecule has 2 saturated heterocycles. The Morgan fingerprint density at radius 3 is 1.16 bits per heavy atom. The topological polar surface area (TPSA) is 97.8 Å². The number of hydrogen-bond acceptors (Lipinski definition) is 9. The fraction of sp³-hybridized carbons (Fsp3) is 0.623. The number of ether oxygens (including phenoxy) is 2. The molecule has 62 heavy (non-hydrogen) atoms. The van der Waals surface area contributed by atoms with Crippen molar-refractivity contribution in [3.8, 4) is 5.75 Å². The van der Waals surface area contributed by atoms with E-state index in [0.29, 0.717) is 31.4 Å². The normalized spacial score (nSPS) is 20.3. The Balaban J connectivity index is 0.000000443. The number of esters is 2. The third-order valence-corrected chi connectivity index (χ3v) is 12.2. The summed E-state index contributed by atoms with van der Waals surface area (Å²) in [5, 5.41) is 14.5. The molecule has 2 unspecified atom stereocenters. The lowest BCUT2D eigenvalue weighted by molar-refractivity contribution is -0.314. The van der Waals surface area contributed by atoms with E-state index in [4.69, 9.17) is 19.1 Å². The first kappa shape index (κ1) is 50.9. The predicted octanol–water partition coefficient (Wildman–Crippen LogP) is 12.6. The molecule has 1 N–H and O–H groups in total. The van der Waals surface area contributed by atoms with Crippen molar-refractivity contribution >= 4 is 11.9 Å². The highest BCUT2D eigenvalue weighted by Crippen LogP contribution is 2.44. The van der Waals surface area contributed by atoms with E-state index >= 15 is 0 Å². The summed E-state index contributed by atoms with van der Waals surface area (Å²) in [4.78, 5) is 38.9. The lowest BCUT2D eigenvalue weighted by atomic mass is 9.78. The summed E-state index contributed by atoms with van der Waals surface area (Å²) in [5.74, 6) is -0.288. The van der Waals surface area contributed by atoms with Gasteiger partial charge in [0.2, 0.25) is 0 Å². The fourth-order valence-corrected chi connectivity index (χ4v) is 9.58. The van der Waals surface area contributed by atoms with Crippen LogP contribution in [0.15, 0.2) is 72.8 Å². The van der Waals surface area contributed by atoms with Crippen molar-refractivity contribution < 1.29 is 33.8 Å². The Morgan fingerprint density at radius 1 is 0.597 bits per heavy atom. The van der Waals surface area contributed by atoms with E-state index in [2.05, 4.69) is 164 Å². The van der Waals surface area contributed by atoms with Crippen molar-refractivity contribution in [3.05, 3.63) is 101 Å². The van der Waals surface area contributed by atoms with E-state index < -0.39 is 0 Å². The van der Waals surface area contributed by atoms with Crippen molar-refractivity contribution in [2.75, 3.05) is 0 Å².